The highest BCUT2D eigenvalue weighted by atomic mass is 16.5. The van der Waals surface area contributed by atoms with Crippen molar-refractivity contribution in [2.75, 3.05) is 20.2 Å². The van der Waals surface area contributed by atoms with Gasteiger partial charge in [0.25, 0.3) is 0 Å². The molecule has 98 valence electrons. The minimum Gasteiger partial charge on any atom is -0.465 e. The van der Waals surface area contributed by atoms with Crippen LogP contribution in [-0.4, -0.2) is 43.1 Å². The highest BCUT2D eigenvalue weighted by Crippen LogP contribution is 2.21. The first kappa shape index (κ1) is 13.8. The summed E-state index contributed by atoms with van der Waals surface area (Å²) >= 11 is 0. The van der Waals surface area contributed by atoms with E-state index in [9.17, 15) is 9.59 Å². The number of carbonyl (C=O) groups excluding carboxylic acids is 2. The van der Waals surface area contributed by atoms with Gasteiger partial charge in [-0.05, 0) is 19.8 Å². The number of hydrogen-bond acceptors (Lipinski definition) is 3. The first-order valence-corrected chi connectivity index (χ1v) is 6.31. The van der Waals surface area contributed by atoms with Gasteiger partial charge in [-0.3, -0.25) is 4.79 Å². The molecule has 0 aromatic rings. The molecule has 5 nitrogen and oxygen atoms in total. The first-order chi connectivity index (χ1) is 8.15. The van der Waals surface area contributed by atoms with E-state index in [0.717, 1.165) is 12.8 Å². The molecule has 1 saturated carbocycles. The van der Waals surface area contributed by atoms with Gasteiger partial charge in [-0.25, -0.2) is 4.79 Å². The summed E-state index contributed by atoms with van der Waals surface area (Å²) in [6.45, 7) is 2.03. The van der Waals surface area contributed by atoms with E-state index in [0.29, 0.717) is 12.6 Å². The Bertz CT molecular complexity index is 262. The van der Waals surface area contributed by atoms with Crippen LogP contribution < -0.4 is 5.32 Å². The van der Waals surface area contributed by atoms with Crippen LogP contribution in [0, 0.1) is 0 Å². The lowest BCUT2D eigenvalue weighted by molar-refractivity contribution is -0.141. The molecule has 0 aromatic carbocycles. The second kappa shape index (κ2) is 7.14. The molecule has 1 N–H and O–H groups in total. The minimum atomic E-state index is -0.391. The summed E-state index contributed by atoms with van der Waals surface area (Å²) in [4.78, 5) is 24.6. The molecule has 1 aliphatic carbocycles. The van der Waals surface area contributed by atoms with Crippen LogP contribution in [0.2, 0.25) is 0 Å². The molecule has 1 fully saturated rings. The zero-order valence-electron chi connectivity index (χ0n) is 10.7. The summed E-state index contributed by atoms with van der Waals surface area (Å²) in [6.07, 6.45) is 5.74. The molecule has 0 atom stereocenters. The molecular formula is C12H22N2O3. The van der Waals surface area contributed by atoms with E-state index in [2.05, 4.69) is 5.32 Å². The van der Waals surface area contributed by atoms with Gasteiger partial charge < -0.3 is 15.0 Å². The maximum atomic E-state index is 11.8. The second-order valence-electron chi connectivity index (χ2n) is 4.37. The summed E-state index contributed by atoms with van der Waals surface area (Å²) in [7, 11) is 1.79. The van der Waals surface area contributed by atoms with Gasteiger partial charge in [0.15, 0.2) is 0 Å². The number of urea groups is 1. The van der Waals surface area contributed by atoms with E-state index in [1.165, 1.54) is 19.3 Å². The Kier molecular flexibility index (Phi) is 5.80. The van der Waals surface area contributed by atoms with Crippen molar-refractivity contribution in [3.63, 3.8) is 0 Å². The van der Waals surface area contributed by atoms with Crippen molar-refractivity contribution < 1.29 is 14.3 Å². The van der Waals surface area contributed by atoms with Crippen molar-refractivity contribution in [2.45, 2.75) is 45.1 Å². The largest absolute Gasteiger partial charge is 0.465 e. The van der Waals surface area contributed by atoms with Crippen molar-refractivity contribution in [3.8, 4) is 0 Å². The lowest BCUT2D eigenvalue weighted by atomic mass is 9.95. The van der Waals surface area contributed by atoms with Crippen molar-refractivity contribution in [1.82, 2.24) is 10.2 Å². The molecule has 5 heteroatoms. The molecule has 1 rings (SSSR count). The van der Waals surface area contributed by atoms with Crippen LogP contribution in [0.1, 0.15) is 39.0 Å². The second-order valence-corrected chi connectivity index (χ2v) is 4.37. The van der Waals surface area contributed by atoms with Crippen molar-refractivity contribution in [2.24, 2.45) is 0 Å². The maximum absolute atomic E-state index is 11.8. The molecule has 0 spiro atoms. The van der Waals surface area contributed by atoms with Crippen molar-refractivity contribution in [1.29, 1.82) is 0 Å². The third-order valence-corrected chi connectivity index (χ3v) is 3.13. The van der Waals surface area contributed by atoms with Gasteiger partial charge in [0.2, 0.25) is 0 Å². The molecule has 2 amide bonds. The number of ether oxygens (including phenoxy) is 1. The summed E-state index contributed by atoms with van der Waals surface area (Å²) in [5.74, 6) is -0.391. The molecule has 0 unspecified atom stereocenters. The summed E-state index contributed by atoms with van der Waals surface area (Å²) < 4.78 is 4.75. The van der Waals surface area contributed by atoms with Crippen LogP contribution >= 0.6 is 0 Å². The van der Waals surface area contributed by atoms with E-state index in [1.54, 1.807) is 18.9 Å². The molecule has 0 aliphatic heterocycles. The highest BCUT2D eigenvalue weighted by Gasteiger charge is 2.22. The summed E-state index contributed by atoms with van der Waals surface area (Å²) in [5, 5.41) is 2.58. The highest BCUT2D eigenvalue weighted by molar-refractivity contribution is 5.80. The fourth-order valence-corrected chi connectivity index (χ4v) is 2.12. The normalized spacial score (nSPS) is 16.4. The van der Waals surface area contributed by atoms with Gasteiger partial charge in [0.1, 0.15) is 6.54 Å². The van der Waals surface area contributed by atoms with Gasteiger partial charge >= 0.3 is 12.0 Å². The molecule has 0 radical (unpaired) electrons. The molecule has 1 aliphatic rings. The fraction of sp³-hybridized carbons (Fsp3) is 0.833. The SMILES string of the molecule is CCOC(=O)CNC(=O)N(C)C1CCCCC1. The Morgan fingerprint density at radius 2 is 1.94 bits per heavy atom. The Morgan fingerprint density at radius 1 is 1.29 bits per heavy atom. The zero-order chi connectivity index (χ0) is 12.7. The number of rotatable bonds is 4. The van der Waals surface area contributed by atoms with Crippen molar-refractivity contribution in [3.05, 3.63) is 0 Å². The summed E-state index contributed by atoms with van der Waals surface area (Å²) in [6, 6.07) is 0.121. The number of nitrogens with one attached hydrogen (secondary N) is 1. The third kappa shape index (κ3) is 4.63. The molecular weight excluding hydrogens is 220 g/mol. The number of carbonyl (C=O) groups is 2. The fourth-order valence-electron chi connectivity index (χ4n) is 2.12. The quantitative estimate of drug-likeness (QED) is 0.760. The molecule has 0 aromatic heterocycles. The predicted octanol–water partition coefficient (Wildman–Crippen LogP) is 1.52. The Balaban J connectivity index is 2.28. The molecule has 17 heavy (non-hydrogen) atoms. The van der Waals surface area contributed by atoms with E-state index in [-0.39, 0.29) is 12.6 Å². The minimum absolute atomic E-state index is 0.0519. The smallest absolute Gasteiger partial charge is 0.325 e. The number of amides is 2. The third-order valence-electron chi connectivity index (χ3n) is 3.13. The van der Waals surface area contributed by atoms with Crippen LogP contribution in [0.25, 0.3) is 0 Å². The maximum Gasteiger partial charge on any atom is 0.325 e. The van der Waals surface area contributed by atoms with E-state index >= 15 is 0 Å². The molecule has 0 heterocycles. The summed E-state index contributed by atoms with van der Waals surface area (Å²) in [5.41, 5.74) is 0. The van der Waals surface area contributed by atoms with Gasteiger partial charge in [-0.1, -0.05) is 19.3 Å². The molecule has 0 bridgehead atoms. The Labute approximate surface area is 102 Å². The zero-order valence-corrected chi connectivity index (χ0v) is 10.7. The van der Waals surface area contributed by atoms with Crippen molar-refractivity contribution >= 4 is 12.0 Å². The van der Waals surface area contributed by atoms with E-state index < -0.39 is 5.97 Å². The first-order valence-electron chi connectivity index (χ1n) is 6.31. The number of hydrogen-bond donors (Lipinski definition) is 1. The van der Waals surface area contributed by atoms with E-state index in [1.807, 2.05) is 0 Å². The standard InChI is InChI=1S/C12H22N2O3/c1-3-17-11(15)9-13-12(16)14(2)10-7-5-4-6-8-10/h10H,3-9H2,1-2H3,(H,13,16). The lowest BCUT2D eigenvalue weighted by Crippen LogP contribution is -2.45. The van der Waals surface area contributed by atoms with Gasteiger partial charge in [-0.15, -0.1) is 0 Å². The van der Waals surface area contributed by atoms with Crippen LogP contribution in [-0.2, 0) is 9.53 Å². The van der Waals surface area contributed by atoms with Gasteiger partial charge in [0, 0.05) is 13.1 Å². The van der Waals surface area contributed by atoms with Crippen LogP contribution in [0.4, 0.5) is 4.79 Å². The predicted molar refractivity (Wildman–Crippen MR) is 64.7 cm³/mol. The van der Waals surface area contributed by atoms with E-state index in [4.69, 9.17) is 4.74 Å². The van der Waals surface area contributed by atoms with Crippen LogP contribution in [0.15, 0.2) is 0 Å². The number of nitrogens with zero attached hydrogens (tertiary/aromatic N) is 1. The topological polar surface area (TPSA) is 58.6 Å². The lowest BCUT2D eigenvalue weighted by Gasteiger charge is -2.31. The monoisotopic (exact) mass is 242 g/mol. The van der Waals surface area contributed by atoms with Gasteiger partial charge in [0.05, 0.1) is 6.61 Å². The molecule has 0 saturated heterocycles. The average molecular weight is 242 g/mol. The number of esters is 1. The Morgan fingerprint density at radius 3 is 2.53 bits per heavy atom. The van der Waals surface area contributed by atoms with Crippen LogP contribution in [0.5, 0.6) is 0 Å². The van der Waals surface area contributed by atoms with Crippen LogP contribution in [0.3, 0.4) is 0 Å². The Hall–Kier alpha value is -1.26. The van der Waals surface area contributed by atoms with Gasteiger partial charge in [-0.2, -0.15) is 0 Å². The average Bonchev–Trinajstić information content (AvgIpc) is 2.36.